The molecule has 0 atom stereocenters. The van der Waals surface area contributed by atoms with E-state index in [-0.39, 0.29) is 18.0 Å². The molecular formula is C28H27ClN2O4S. The number of hydrogen-bond donors (Lipinski definition) is 1. The van der Waals surface area contributed by atoms with Crippen molar-refractivity contribution in [3.05, 3.63) is 101 Å². The molecule has 1 amide bonds. The lowest BCUT2D eigenvalue weighted by Crippen LogP contribution is -2.42. The first-order valence-electron chi connectivity index (χ1n) is 11.5. The summed E-state index contributed by atoms with van der Waals surface area (Å²) in [5, 5.41) is 5.35. The first kappa shape index (κ1) is 25.5. The summed E-state index contributed by atoms with van der Waals surface area (Å²) in [6.07, 6.45) is 0. The molecule has 6 nitrogen and oxygen atoms in total. The molecule has 0 spiro atoms. The number of halogens is 1. The molecule has 0 aromatic heterocycles. The Morgan fingerprint density at radius 2 is 1.64 bits per heavy atom. The molecule has 4 aromatic rings. The van der Waals surface area contributed by atoms with E-state index in [0.29, 0.717) is 22.0 Å². The van der Waals surface area contributed by atoms with E-state index in [2.05, 4.69) is 5.32 Å². The second-order valence-corrected chi connectivity index (χ2v) is 10.7. The summed E-state index contributed by atoms with van der Waals surface area (Å²) in [4.78, 5) is 12.9. The quantitative estimate of drug-likeness (QED) is 0.294. The summed E-state index contributed by atoms with van der Waals surface area (Å²) in [7, 11) is -4.02. The van der Waals surface area contributed by atoms with E-state index in [1.54, 1.807) is 37.3 Å². The predicted octanol–water partition coefficient (Wildman–Crippen LogP) is 5.50. The zero-order valence-electron chi connectivity index (χ0n) is 20.1. The molecular weight excluding hydrogens is 496 g/mol. The van der Waals surface area contributed by atoms with Gasteiger partial charge in [0.15, 0.2) is 0 Å². The van der Waals surface area contributed by atoms with E-state index >= 15 is 0 Å². The Balaban J connectivity index is 1.46. The van der Waals surface area contributed by atoms with Crippen LogP contribution in [0.15, 0.2) is 89.8 Å². The number of anilines is 1. The molecule has 0 saturated heterocycles. The number of benzene rings is 4. The lowest BCUT2D eigenvalue weighted by atomic mass is 10.1. The third kappa shape index (κ3) is 5.80. The largest absolute Gasteiger partial charge is 0.492 e. The number of nitrogens with zero attached hydrogens (tertiary/aromatic N) is 1. The summed E-state index contributed by atoms with van der Waals surface area (Å²) >= 11 is 6.27. The summed E-state index contributed by atoms with van der Waals surface area (Å²) in [6.45, 7) is 3.67. The lowest BCUT2D eigenvalue weighted by Gasteiger charge is -2.26. The van der Waals surface area contributed by atoms with Gasteiger partial charge in [0.1, 0.15) is 18.9 Å². The Morgan fingerprint density at radius 1 is 0.917 bits per heavy atom. The number of rotatable bonds is 9. The second-order valence-electron chi connectivity index (χ2n) is 8.42. The van der Waals surface area contributed by atoms with Gasteiger partial charge in [0.2, 0.25) is 5.91 Å². The Morgan fingerprint density at radius 3 is 2.39 bits per heavy atom. The van der Waals surface area contributed by atoms with Gasteiger partial charge in [-0.15, -0.1) is 0 Å². The van der Waals surface area contributed by atoms with Gasteiger partial charge < -0.3 is 10.1 Å². The van der Waals surface area contributed by atoms with Crippen molar-refractivity contribution < 1.29 is 17.9 Å². The Bertz CT molecular complexity index is 1490. The monoisotopic (exact) mass is 522 g/mol. The minimum Gasteiger partial charge on any atom is -0.492 e. The van der Waals surface area contributed by atoms with Gasteiger partial charge in [0.05, 0.1) is 17.1 Å². The highest BCUT2D eigenvalue weighted by atomic mass is 35.5. The fraction of sp³-hybridized carbons (Fsp3) is 0.179. The highest BCUT2D eigenvalue weighted by Gasteiger charge is 2.28. The van der Waals surface area contributed by atoms with E-state index < -0.39 is 22.5 Å². The maximum Gasteiger partial charge on any atom is 0.264 e. The van der Waals surface area contributed by atoms with Gasteiger partial charge in [-0.3, -0.25) is 9.10 Å². The standard InChI is InChI=1S/C28H27ClN2O4S/c1-20-10-14-25(15-11-20)36(33,34)31(27-9-5-8-26(29)21(27)2)19-28(32)30-16-17-35-24-13-12-22-6-3-4-7-23(22)18-24/h3-15,18H,16-17,19H2,1-2H3,(H,30,32). The van der Waals surface area contributed by atoms with Gasteiger partial charge in [-0.2, -0.15) is 0 Å². The smallest absolute Gasteiger partial charge is 0.264 e. The van der Waals surface area contributed by atoms with Crippen molar-refractivity contribution >= 4 is 44.0 Å². The van der Waals surface area contributed by atoms with Gasteiger partial charge in [0.25, 0.3) is 10.0 Å². The van der Waals surface area contributed by atoms with Crippen molar-refractivity contribution in [2.45, 2.75) is 18.7 Å². The number of sulfonamides is 1. The van der Waals surface area contributed by atoms with Gasteiger partial charge >= 0.3 is 0 Å². The molecule has 186 valence electrons. The summed E-state index contributed by atoms with van der Waals surface area (Å²) < 4.78 is 34.0. The molecule has 4 rings (SSSR count). The van der Waals surface area contributed by atoms with Crippen molar-refractivity contribution in [1.82, 2.24) is 5.32 Å². The first-order valence-corrected chi connectivity index (χ1v) is 13.3. The average molecular weight is 523 g/mol. The molecule has 36 heavy (non-hydrogen) atoms. The molecule has 0 fully saturated rings. The van der Waals surface area contributed by atoms with Crippen LogP contribution in [-0.4, -0.2) is 34.0 Å². The molecule has 1 N–H and O–H groups in total. The Hall–Kier alpha value is -3.55. The fourth-order valence-corrected chi connectivity index (χ4v) is 5.45. The van der Waals surface area contributed by atoms with Gasteiger partial charge in [-0.25, -0.2) is 8.42 Å². The van der Waals surface area contributed by atoms with Crippen LogP contribution in [0.1, 0.15) is 11.1 Å². The van der Waals surface area contributed by atoms with Gasteiger partial charge in [-0.1, -0.05) is 65.7 Å². The Kier molecular flexibility index (Phi) is 7.82. The molecule has 0 aliphatic rings. The molecule has 8 heteroatoms. The summed E-state index contributed by atoms with van der Waals surface area (Å²) in [5.74, 6) is 0.244. The van der Waals surface area contributed by atoms with E-state index in [1.165, 1.54) is 12.1 Å². The number of nitrogens with one attached hydrogen (secondary N) is 1. The molecule has 0 unspecified atom stereocenters. The Labute approximate surface area is 216 Å². The minimum atomic E-state index is -4.02. The van der Waals surface area contributed by atoms with Crippen LogP contribution in [0.5, 0.6) is 5.75 Å². The maximum atomic E-state index is 13.5. The average Bonchev–Trinajstić information content (AvgIpc) is 2.87. The number of aryl methyl sites for hydroxylation is 1. The van der Waals surface area contributed by atoms with Crippen molar-refractivity contribution in [1.29, 1.82) is 0 Å². The number of amides is 1. The number of fused-ring (bicyclic) bond motifs is 1. The first-order chi connectivity index (χ1) is 17.3. The topological polar surface area (TPSA) is 75.7 Å². The number of carbonyl (C=O) groups excluding carboxylic acids is 1. The second kappa shape index (κ2) is 11.0. The van der Waals surface area contributed by atoms with Crippen LogP contribution < -0.4 is 14.4 Å². The summed E-state index contributed by atoms with van der Waals surface area (Å²) in [6, 6.07) is 25.3. The van der Waals surface area contributed by atoms with Crippen LogP contribution in [0.25, 0.3) is 10.8 Å². The van der Waals surface area contributed by atoms with E-state index in [9.17, 15) is 13.2 Å². The van der Waals surface area contributed by atoms with Crippen LogP contribution in [0, 0.1) is 13.8 Å². The van der Waals surface area contributed by atoms with Crippen LogP contribution in [0.4, 0.5) is 5.69 Å². The lowest BCUT2D eigenvalue weighted by molar-refractivity contribution is -0.119. The van der Waals surface area contributed by atoms with Crippen LogP contribution in [0.3, 0.4) is 0 Å². The third-order valence-corrected chi connectivity index (χ3v) is 8.00. The molecule has 0 aliphatic heterocycles. The van der Waals surface area contributed by atoms with Crippen LogP contribution in [-0.2, 0) is 14.8 Å². The SMILES string of the molecule is Cc1ccc(S(=O)(=O)N(CC(=O)NCCOc2ccc3ccccc3c2)c2cccc(Cl)c2C)cc1. The van der Waals surface area contributed by atoms with E-state index in [4.69, 9.17) is 16.3 Å². The highest BCUT2D eigenvalue weighted by Crippen LogP contribution is 2.31. The molecule has 0 heterocycles. The van der Waals surface area contributed by atoms with Gasteiger partial charge in [-0.05, 0) is 66.6 Å². The van der Waals surface area contributed by atoms with E-state index in [1.807, 2.05) is 49.4 Å². The number of ether oxygens (including phenoxy) is 1. The predicted molar refractivity (Wildman–Crippen MR) is 144 cm³/mol. The molecule has 0 saturated carbocycles. The maximum absolute atomic E-state index is 13.5. The van der Waals surface area contributed by atoms with Crippen molar-refractivity contribution in [3.8, 4) is 5.75 Å². The number of hydrogen-bond acceptors (Lipinski definition) is 4. The zero-order chi connectivity index (χ0) is 25.7. The van der Waals surface area contributed by atoms with Crippen LogP contribution in [0.2, 0.25) is 5.02 Å². The fourth-order valence-electron chi connectivity index (χ4n) is 3.81. The third-order valence-electron chi connectivity index (χ3n) is 5.82. The summed E-state index contributed by atoms with van der Waals surface area (Å²) in [5.41, 5.74) is 1.86. The molecule has 0 bridgehead atoms. The van der Waals surface area contributed by atoms with Crippen molar-refractivity contribution in [2.24, 2.45) is 0 Å². The van der Waals surface area contributed by atoms with Crippen molar-refractivity contribution in [3.63, 3.8) is 0 Å². The molecule has 0 radical (unpaired) electrons. The zero-order valence-corrected chi connectivity index (χ0v) is 21.6. The molecule has 4 aromatic carbocycles. The molecule has 0 aliphatic carbocycles. The number of carbonyl (C=O) groups is 1. The van der Waals surface area contributed by atoms with Gasteiger partial charge in [0, 0.05) is 5.02 Å². The highest BCUT2D eigenvalue weighted by molar-refractivity contribution is 7.92. The minimum absolute atomic E-state index is 0.0971. The van der Waals surface area contributed by atoms with E-state index in [0.717, 1.165) is 20.6 Å². The normalized spacial score (nSPS) is 11.3. The van der Waals surface area contributed by atoms with Crippen LogP contribution >= 0.6 is 11.6 Å². The van der Waals surface area contributed by atoms with Crippen molar-refractivity contribution in [2.75, 3.05) is 24.0 Å².